The minimum absolute atomic E-state index is 0.365. The number of primary amides is 1. The lowest BCUT2D eigenvalue weighted by atomic mass is 9.97. The molecular weight excluding hydrogens is 426 g/mol. The molecule has 8 heteroatoms. The van der Waals surface area contributed by atoms with Gasteiger partial charge in [0.05, 0.1) is 11.4 Å². The summed E-state index contributed by atoms with van der Waals surface area (Å²) in [5, 5.41) is 17.9. The van der Waals surface area contributed by atoms with Crippen LogP contribution < -0.4 is 16.0 Å². The van der Waals surface area contributed by atoms with E-state index in [0.717, 1.165) is 45.6 Å². The molecule has 0 spiro atoms. The summed E-state index contributed by atoms with van der Waals surface area (Å²) in [4.78, 5) is 14.9. The molecule has 1 aliphatic heterocycles. The molecule has 0 radical (unpaired) electrons. The quantitative estimate of drug-likeness (QED) is 0.385. The molecule has 1 aromatic heterocycles. The molecule has 1 aliphatic rings. The number of aromatic amines is 1. The Morgan fingerprint density at radius 1 is 1.03 bits per heavy atom. The molecule has 3 aromatic carbocycles. The highest BCUT2D eigenvalue weighted by Gasteiger charge is 2.48. The number of fused-ring (bicyclic) bond motifs is 1. The van der Waals surface area contributed by atoms with Crippen molar-refractivity contribution in [3.05, 3.63) is 77.9 Å². The Morgan fingerprint density at radius 3 is 2.47 bits per heavy atom. The molecule has 172 valence electrons. The number of carbonyl (C=O) groups excluding carboxylic acids is 1. The Bertz CT molecular complexity index is 1320. The number of anilines is 2. The normalized spacial score (nSPS) is 16.8. The number of tetrazole rings is 1. The Labute approximate surface area is 198 Å². The van der Waals surface area contributed by atoms with Crippen molar-refractivity contribution in [2.24, 2.45) is 5.73 Å². The number of benzene rings is 3. The lowest BCUT2D eigenvalue weighted by molar-refractivity contribution is -0.122. The molecule has 8 nitrogen and oxygen atoms in total. The van der Waals surface area contributed by atoms with Gasteiger partial charge >= 0.3 is 0 Å². The van der Waals surface area contributed by atoms with Gasteiger partial charge in [0.25, 0.3) is 5.91 Å². The van der Waals surface area contributed by atoms with E-state index in [2.05, 4.69) is 62.0 Å². The highest BCUT2D eigenvalue weighted by atomic mass is 16.2. The van der Waals surface area contributed by atoms with Crippen molar-refractivity contribution in [3.8, 4) is 22.5 Å². The maximum absolute atomic E-state index is 12.8. The molecule has 0 saturated carbocycles. The Morgan fingerprint density at radius 2 is 1.79 bits per heavy atom. The van der Waals surface area contributed by atoms with E-state index in [1.807, 2.05) is 49.4 Å². The number of hydrogen-bond donors (Lipinski definition) is 3. The highest BCUT2D eigenvalue weighted by Crippen LogP contribution is 2.44. The van der Waals surface area contributed by atoms with Crippen LogP contribution >= 0.6 is 0 Å². The largest absolute Gasteiger partial charge is 0.366 e. The summed E-state index contributed by atoms with van der Waals surface area (Å²) >= 11 is 0. The molecule has 2 heterocycles. The van der Waals surface area contributed by atoms with E-state index in [4.69, 9.17) is 5.73 Å². The third kappa shape index (κ3) is 3.57. The number of H-pyrrole nitrogens is 1. The summed E-state index contributed by atoms with van der Waals surface area (Å²) in [6.07, 6.45) is 1.44. The lowest BCUT2D eigenvalue weighted by Crippen LogP contribution is -2.59. The zero-order chi connectivity index (χ0) is 23.7. The first kappa shape index (κ1) is 21.6. The second-order valence-corrected chi connectivity index (χ2v) is 8.63. The number of rotatable bonds is 7. The van der Waals surface area contributed by atoms with Gasteiger partial charge in [0.1, 0.15) is 0 Å². The average Bonchev–Trinajstić information content (AvgIpc) is 3.49. The molecule has 5 rings (SSSR count). The molecular formula is C26H27N7O. The fourth-order valence-corrected chi connectivity index (χ4v) is 4.79. The Hall–Kier alpha value is -4.20. The standard InChI is InChI=1S/C26H27N7O/c1-3-15-26(25(27)34)28-23-17(2)7-6-10-22(23)33(26)16-18-11-13-19(14-12-18)20-8-4-5-9-21(20)24-29-31-32-30-24/h4-14,28H,3,15-16H2,1-2H3,(H2,27,34)(H,29,30,31,32). The Balaban J connectivity index is 1.49. The minimum Gasteiger partial charge on any atom is -0.366 e. The minimum atomic E-state index is -0.951. The van der Waals surface area contributed by atoms with Crippen LogP contribution in [0.3, 0.4) is 0 Å². The summed E-state index contributed by atoms with van der Waals surface area (Å²) in [6, 6.07) is 22.4. The summed E-state index contributed by atoms with van der Waals surface area (Å²) in [6.45, 7) is 4.67. The van der Waals surface area contributed by atoms with Gasteiger partial charge in [0.2, 0.25) is 5.82 Å². The van der Waals surface area contributed by atoms with Crippen LogP contribution in [0.25, 0.3) is 22.5 Å². The summed E-state index contributed by atoms with van der Waals surface area (Å²) in [7, 11) is 0. The van der Waals surface area contributed by atoms with Crippen molar-refractivity contribution in [1.29, 1.82) is 0 Å². The first-order valence-electron chi connectivity index (χ1n) is 11.4. The van der Waals surface area contributed by atoms with Gasteiger partial charge in [-0.25, -0.2) is 0 Å². The summed E-state index contributed by atoms with van der Waals surface area (Å²) < 4.78 is 0. The van der Waals surface area contributed by atoms with Crippen molar-refractivity contribution >= 4 is 17.3 Å². The number of aromatic nitrogens is 4. The molecule has 4 N–H and O–H groups in total. The van der Waals surface area contributed by atoms with Crippen molar-refractivity contribution in [2.45, 2.75) is 38.9 Å². The third-order valence-corrected chi connectivity index (χ3v) is 6.47. The van der Waals surface area contributed by atoms with Crippen LogP contribution in [0, 0.1) is 6.92 Å². The summed E-state index contributed by atoms with van der Waals surface area (Å²) in [5.74, 6) is 0.191. The van der Waals surface area contributed by atoms with Crippen LogP contribution in [0.2, 0.25) is 0 Å². The predicted molar refractivity (Wildman–Crippen MR) is 133 cm³/mol. The molecule has 0 fully saturated rings. The molecule has 1 unspecified atom stereocenters. The number of nitrogens with one attached hydrogen (secondary N) is 2. The predicted octanol–water partition coefficient (Wildman–Crippen LogP) is 4.26. The number of aryl methyl sites for hydroxylation is 1. The Kier molecular flexibility index (Phi) is 5.49. The van der Waals surface area contributed by atoms with Gasteiger partial charge in [-0.15, -0.1) is 10.2 Å². The molecule has 0 aliphatic carbocycles. The molecule has 0 bridgehead atoms. The van der Waals surface area contributed by atoms with Crippen LogP contribution in [0.4, 0.5) is 11.4 Å². The number of para-hydroxylation sites is 1. The number of nitrogens with two attached hydrogens (primary N) is 1. The van der Waals surface area contributed by atoms with Crippen molar-refractivity contribution in [2.75, 3.05) is 10.2 Å². The lowest BCUT2D eigenvalue weighted by Gasteiger charge is -2.37. The fourth-order valence-electron chi connectivity index (χ4n) is 4.79. The topological polar surface area (TPSA) is 113 Å². The number of hydrogen-bond acceptors (Lipinski definition) is 6. The first-order chi connectivity index (χ1) is 16.5. The molecule has 1 amide bonds. The van der Waals surface area contributed by atoms with E-state index < -0.39 is 5.66 Å². The second kappa shape index (κ2) is 8.62. The van der Waals surface area contributed by atoms with E-state index >= 15 is 0 Å². The smallest absolute Gasteiger partial charge is 0.264 e. The van der Waals surface area contributed by atoms with Gasteiger partial charge in [0, 0.05) is 12.1 Å². The molecule has 1 atom stereocenters. The maximum Gasteiger partial charge on any atom is 0.264 e. The number of carbonyl (C=O) groups is 1. The fraction of sp³-hybridized carbons (Fsp3) is 0.231. The second-order valence-electron chi connectivity index (χ2n) is 8.63. The van der Waals surface area contributed by atoms with E-state index in [9.17, 15) is 4.79 Å². The van der Waals surface area contributed by atoms with E-state index in [1.54, 1.807) is 0 Å². The number of nitrogens with zero attached hydrogens (tertiary/aromatic N) is 4. The van der Waals surface area contributed by atoms with Gasteiger partial charge in [-0.1, -0.05) is 74.0 Å². The van der Waals surface area contributed by atoms with E-state index in [0.29, 0.717) is 18.8 Å². The first-order valence-corrected chi connectivity index (χ1v) is 11.4. The third-order valence-electron chi connectivity index (χ3n) is 6.47. The van der Waals surface area contributed by atoms with E-state index in [-0.39, 0.29) is 5.91 Å². The molecule has 4 aromatic rings. The van der Waals surface area contributed by atoms with Crippen molar-refractivity contribution < 1.29 is 4.79 Å². The van der Waals surface area contributed by atoms with Crippen LogP contribution in [0.1, 0.15) is 30.9 Å². The van der Waals surface area contributed by atoms with Gasteiger partial charge in [-0.05, 0) is 46.9 Å². The van der Waals surface area contributed by atoms with E-state index in [1.165, 1.54) is 0 Å². The van der Waals surface area contributed by atoms with Crippen LogP contribution in [-0.2, 0) is 11.3 Å². The molecule has 34 heavy (non-hydrogen) atoms. The SMILES string of the molecule is CCCC1(C(N)=O)Nc2c(C)cccc2N1Cc1ccc(-c2ccccc2-c2nn[nH]n2)cc1. The van der Waals surface area contributed by atoms with Crippen LogP contribution in [0.5, 0.6) is 0 Å². The average molecular weight is 454 g/mol. The summed E-state index contributed by atoms with van der Waals surface area (Å²) in [5.41, 5.74) is 12.2. The van der Waals surface area contributed by atoms with Crippen molar-refractivity contribution in [1.82, 2.24) is 20.6 Å². The maximum atomic E-state index is 12.8. The van der Waals surface area contributed by atoms with Crippen LogP contribution in [-0.4, -0.2) is 32.2 Å². The highest BCUT2D eigenvalue weighted by molar-refractivity contribution is 5.98. The zero-order valence-corrected chi connectivity index (χ0v) is 19.2. The molecule has 0 saturated heterocycles. The number of amides is 1. The van der Waals surface area contributed by atoms with Gasteiger partial charge in [0.15, 0.2) is 5.66 Å². The zero-order valence-electron chi connectivity index (χ0n) is 19.2. The monoisotopic (exact) mass is 453 g/mol. The van der Waals surface area contributed by atoms with Crippen LogP contribution in [0.15, 0.2) is 66.7 Å². The van der Waals surface area contributed by atoms with Crippen molar-refractivity contribution in [3.63, 3.8) is 0 Å². The van der Waals surface area contributed by atoms with Gasteiger partial charge in [-0.3, -0.25) is 4.79 Å². The van der Waals surface area contributed by atoms with Gasteiger partial charge in [-0.2, -0.15) is 5.21 Å². The van der Waals surface area contributed by atoms with Gasteiger partial charge < -0.3 is 16.0 Å².